The molecule has 0 heterocycles. The van der Waals surface area contributed by atoms with E-state index in [0.29, 0.717) is 19.0 Å². The first-order valence-electron chi connectivity index (χ1n) is 4.25. The number of benzene rings is 1. The molecule has 0 bridgehead atoms. The quantitative estimate of drug-likeness (QED) is 0.326. The van der Waals surface area contributed by atoms with Gasteiger partial charge in [-0.15, -0.1) is 0 Å². The van der Waals surface area contributed by atoms with Crippen molar-refractivity contribution in [2.24, 2.45) is 0 Å². The first-order valence-corrected chi connectivity index (χ1v) is 4.78. The molecule has 15 heavy (non-hydrogen) atoms. The van der Waals surface area contributed by atoms with Crippen LogP contribution in [0.15, 0.2) is 24.3 Å². The lowest BCUT2D eigenvalue weighted by molar-refractivity contribution is -0.384. The van der Waals surface area contributed by atoms with Crippen LogP contribution in [0.5, 0.6) is 5.75 Å². The Labute approximate surface area is 91.7 Å². The van der Waals surface area contributed by atoms with Crippen LogP contribution in [0.1, 0.15) is 0 Å². The fourth-order valence-corrected chi connectivity index (χ4v) is 1.05. The molecule has 0 fully saturated rings. The lowest BCUT2D eigenvalue weighted by Gasteiger charge is -2.04. The average Bonchev–Trinajstić information content (AvgIpc) is 2.25. The number of nitrogens with zero attached hydrogens (tertiary/aromatic N) is 1. The highest BCUT2D eigenvalue weighted by atomic mass is 35.5. The molecular weight excluding hydrogens is 222 g/mol. The van der Waals surface area contributed by atoms with E-state index in [4.69, 9.17) is 21.1 Å². The number of non-ortho nitro benzene ring substituents is 1. The monoisotopic (exact) mass is 231 g/mol. The lowest BCUT2D eigenvalue weighted by atomic mass is 10.3. The molecule has 5 nitrogen and oxygen atoms in total. The van der Waals surface area contributed by atoms with Gasteiger partial charge >= 0.3 is 0 Å². The molecule has 0 aliphatic rings. The highest BCUT2D eigenvalue weighted by molar-refractivity contribution is 6.17. The van der Waals surface area contributed by atoms with Gasteiger partial charge in [-0.1, -0.05) is 11.6 Å². The van der Waals surface area contributed by atoms with E-state index in [1.54, 1.807) is 12.1 Å². The maximum atomic E-state index is 10.3. The normalized spacial score (nSPS) is 9.93. The van der Waals surface area contributed by atoms with Gasteiger partial charge in [0.2, 0.25) is 0 Å². The molecule has 0 saturated carbocycles. The molecule has 1 aromatic rings. The molecule has 82 valence electrons. The van der Waals surface area contributed by atoms with Crippen molar-refractivity contribution in [3.8, 4) is 5.75 Å². The van der Waals surface area contributed by atoms with Gasteiger partial charge in [0.1, 0.15) is 18.4 Å². The molecule has 1 rings (SSSR count). The van der Waals surface area contributed by atoms with E-state index in [2.05, 4.69) is 0 Å². The number of hydrogen-bond acceptors (Lipinski definition) is 4. The summed E-state index contributed by atoms with van der Waals surface area (Å²) in [5.41, 5.74) is 0.0411. The molecular formula is C9H10ClNO4. The molecule has 6 heteroatoms. The Kier molecular flexibility index (Phi) is 4.86. The van der Waals surface area contributed by atoms with Crippen LogP contribution in [0, 0.1) is 10.1 Å². The number of nitro benzene ring substituents is 1. The Balaban J connectivity index is 2.39. The smallest absolute Gasteiger partial charge is 0.269 e. The summed E-state index contributed by atoms with van der Waals surface area (Å²) in [6, 6.07) is 5.98. The van der Waals surface area contributed by atoms with Gasteiger partial charge in [-0.25, -0.2) is 0 Å². The van der Waals surface area contributed by atoms with Crippen LogP contribution in [0.3, 0.4) is 0 Å². The zero-order valence-corrected chi connectivity index (χ0v) is 8.64. The summed E-state index contributed by atoms with van der Waals surface area (Å²) in [4.78, 5) is 9.88. The van der Waals surface area contributed by atoms with E-state index < -0.39 is 4.92 Å². The minimum atomic E-state index is -0.458. The van der Waals surface area contributed by atoms with Crippen LogP contribution in [0.2, 0.25) is 0 Å². The molecule has 0 N–H and O–H groups in total. The summed E-state index contributed by atoms with van der Waals surface area (Å²) >= 11 is 5.29. The molecule has 0 spiro atoms. The van der Waals surface area contributed by atoms with Crippen molar-refractivity contribution >= 4 is 17.3 Å². The molecule has 1 aromatic carbocycles. The lowest BCUT2D eigenvalue weighted by Crippen LogP contribution is -2.05. The Hall–Kier alpha value is -1.33. The summed E-state index contributed by atoms with van der Waals surface area (Å²) in [6.45, 7) is 0.755. The van der Waals surface area contributed by atoms with Gasteiger partial charge < -0.3 is 9.47 Å². The Bertz CT molecular complexity index is 314. The number of hydrogen-bond donors (Lipinski definition) is 0. The summed E-state index contributed by atoms with van der Waals surface area (Å²) < 4.78 is 10.1. The van der Waals surface area contributed by atoms with E-state index >= 15 is 0 Å². The molecule has 0 aliphatic carbocycles. The zero-order valence-electron chi connectivity index (χ0n) is 7.89. The van der Waals surface area contributed by atoms with Crippen molar-refractivity contribution in [1.82, 2.24) is 0 Å². The second-order valence-electron chi connectivity index (χ2n) is 2.62. The van der Waals surface area contributed by atoms with E-state index in [0.717, 1.165) is 0 Å². The molecule has 0 amide bonds. The van der Waals surface area contributed by atoms with Crippen LogP contribution in [-0.2, 0) is 4.74 Å². The number of ether oxygens (including phenoxy) is 2. The summed E-state index contributed by atoms with van der Waals surface area (Å²) in [7, 11) is 0. The third kappa shape index (κ3) is 4.14. The van der Waals surface area contributed by atoms with Crippen LogP contribution in [-0.4, -0.2) is 24.2 Å². The zero-order chi connectivity index (χ0) is 11.1. The van der Waals surface area contributed by atoms with E-state index in [9.17, 15) is 10.1 Å². The highest BCUT2D eigenvalue weighted by Crippen LogP contribution is 2.16. The molecule has 0 aliphatic heterocycles. The summed E-state index contributed by atoms with van der Waals surface area (Å²) in [6.07, 6.45) is 0. The summed E-state index contributed by atoms with van der Waals surface area (Å²) in [5.74, 6) is 0.568. The number of alkyl halides is 1. The van der Waals surface area contributed by atoms with Crippen molar-refractivity contribution < 1.29 is 14.4 Å². The standard InChI is InChI=1S/C9H10ClNO4/c10-7-14-5-6-15-9-3-1-8(2-4-9)11(12)13/h1-4H,5-7H2. The average molecular weight is 232 g/mol. The molecule has 0 saturated heterocycles. The van der Waals surface area contributed by atoms with Crippen LogP contribution >= 0.6 is 11.6 Å². The van der Waals surface area contributed by atoms with Crippen molar-refractivity contribution in [3.63, 3.8) is 0 Å². The van der Waals surface area contributed by atoms with E-state index in [1.165, 1.54) is 12.1 Å². The first-order chi connectivity index (χ1) is 7.24. The SMILES string of the molecule is O=[N+]([O-])c1ccc(OCCOCCl)cc1. The highest BCUT2D eigenvalue weighted by Gasteiger charge is 2.03. The minimum absolute atomic E-state index is 0.0411. The molecule has 0 atom stereocenters. The van der Waals surface area contributed by atoms with Crippen LogP contribution < -0.4 is 4.74 Å². The van der Waals surface area contributed by atoms with Gasteiger partial charge in [-0.05, 0) is 12.1 Å². The fourth-order valence-electron chi connectivity index (χ4n) is 0.937. The van der Waals surface area contributed by atoms with Gasteiger partial charge in [0.05, 0.1) is 11.5 Å². The maximum absolute atomic E-state index is 10.3. The largest absolute Gasteiger partial charge is 0.491 e. The third-order valence-electron chi connectivity index (χ3n) is 1.62. The number of nitro groups is 1. The molecule has 0 radical (unpaired) electrons. The topological polar surface area (TPSA) is 61.6 Å². The third-order valence-corrected chi connectivity index (χ3v) is 1.78. The maximum Gasteiger partial charge on any atom is 0.269 e. The number of halogens is 1. The second-order valence-corrected chi connectivity index (χ2v) is 2.84. The van der Waals surface area contributed by atoms with Gasteiger partial charge in [0, 0.05) is 12.1 Å². The summed E-state index contributed by atoms with van der Waals surface area (Å²) in [5, 5.41) is 10.3. The predicted molar refractivity (Wildman–Crippen MR) is 55.3 cm³/mol. The Morgan fingerprint density at radius 3 is 2.47 bits per heavy atom. The minimum Gasteiger partial charge on any atom is -0.491 e. The second kappa shape index (κ2) is 6.21. The fraction of sp³-hybridized carbons (Fsp3) is 0.333. The van der Waals surface area contributed by atoms with Crippen molar-refractivity contribution in [2.45, 2.75) is 0 Å². The molecule has 0 aromatic heterocycles. The van der Waals surface area contributed by atoms with Crippen molar-refractivity contribution in [3.05, 3.63) is 34.4 Å². The van der Waals surface area contributed by atoms with Gasteiger partial charge in [0.25, 0.3) is 5.69 Å². The Morgan fingerprint density at radius 1 is 1.27 bits per heavy atom. The van der Waals surface area contributed by atoms with Crippen LogP contribution in [0.4, 0.5) is 5.69 Å². The number of rotatable bonds is 6. The Morgan fingerprint density at radius 2 is 1.93 bits per heavy atom. The van der Waals surface area contributed by atoms with E-state index in [-0.39, 0.29) is 11.8 Å². The first kappa shape index (κ1) is 11.7. The molecule has 0 unspecified atom stereocenters. The predicted octanol–water partition coefficient (Wildman–Crippen LogP) is 2.19. The van der Waals surface area contributed by atoms with Gasteiger partial charge in [0.15, 0.2) is 0 Å². The van der Waals surface area contributed by atoms with Crippen molar-refractivity contribution in [2.75, 3.05) is 19.3 Å². The van der Waals surface area contributed by atoms with Crippen molar-refractivity contribution in [1.29, 1.82) is 0 Å². The van der Waals surface area contributed by atoms with Crippen LogP contribution in [0.25, 0.3) is 0 Å². The van der Waals surface area contributed by atoms with Gasteiger partial charge in [-0.2, -0.15) is 0 Å². The van der Waals surface area contributed by atoms with Gasteiger partial charge in [-0.3, -0.25) is 10.1 Å². The van der Waals surface area contributed by atoms with E-state index in [1.807, 2.05) is 0 Å².